The zero-order chi connectivity index (χ0) is 26.1. The summed E-state index contributed by atoms with van der Waals surface area (Å²) in [5, 5.41) is 2.08. The lowest BCUT2D eigenvalue weighted by Crippen LogP contribution is -2.35. The minimum absolute atomic E-state index is 0.130. The Morgan fingerprint density at radius 2 is 1.72 bits per heavy atom. The number of esters is 2. The molecule has 36 heavy (non-hydrogen) atoms. The fourth-order valence-corrected chi connectivity index (χ4v) is 3.82. The lowest BCUT2D eigenvalue weighted by atomic mass is 10.00. The van der Waals surface area contributed by atoms with Gasteiger partial charge < -0.3 is 19.5 Å². The molecule has 2 unspecified atom stereocenters. The second-order valence-corrected chi connectivity index (χ2v) is 8.60. The molecule has 9 heteroatoms. The first-order valence-electron chi connectivity index (χ1n) is 11.3. The van der Waals surface area contributed by atoms with Crippen LogP contribution >= 0.6 is 12.6 Å². The molecular formula is C27H28N2O6S. The zero-order valence-electron chi connectivity index (χ0n) is 20.3. The maximum Gasteiger partial charge on any atom is 0.325 e. The number of methoxy groups -OCH3 is 1. The van der Waals surface area contributed by atoms with Crippen molar-refractivity contribution in [2.45, 2.75) is 31.6 Å². The first kappa shape index (κ1) is 26.7. The topological polar surface area (TPSA) is 104 Å². The summed E-state index contributed by atoms with van der Waals surface area (Å²) in [6.07, 6.45) is 1.19. The first-order valence-corrected chi connectivity index (χ1v) is 11.8. The smallest absolute Gasteiger partial charge is 0.325 e. The third kappa shape index (κ3) is 7.32. The van der Waals surface area contributed by atoms with Gasteiger partial charge in [0.15, 0.2) is 11.4 Å². The van der Waals surface area contributed by atoms with Gasteiger partial charge in [-0.25, -0.2) is 4.98 Å². The normalized spacial score (nSPS) is 12.2. The Kier molecular flexibility index (Phi) is 9.46. The van der Waals surface area contributed by atoms with E-state index in [0.29, 0.717) is 6.42 Å². The summed E-state index contributed by atoms with van der Waals surface area (Å²) in [5.74, 6) is -1.98. The van der Waals surface area contributed by atoms with Gasteiger partial charge in [0.2, 0.25) is 5.75 Å². The number of thiol groups is 1. The molecule has 2 atom stereocenters. The van der Waals surface area contributed by atoms with Crippen LogP contribution in [0.2, 0.25) is 0 Å². The molecule has 0 aliphatic carbocycles. The predicted molar refractivity (Wildman–Crippen MR) is 137 cm³/mol. The second kappa shape index (κ2) is 12.7. The highest BCUT2D eigenvalue weighted by molar-refractivity contribution is 7.80. The number of pyridine rings is 1. The van der Waals surface area contributed by atoms with E-state index in [4.69, 9.17) is 26.8 Å². The van der Waals surface area contributed by atoms with E-state index in [1.165, 1.54) is 26.3 Å². The van der Waals surface area contributed by atoms with E-state index >= 15 is 0 Å². The molecule has 1 aromatic heterocycles. The molecule has 3 aromatic rings. The van der Waals surface area contributed by atoms with E-state index < -0.39 is 30.5 Å². The Morgan fingerprint density at radius 3 is 2.36 bits per heavy atom. The Balaban J connectivity index is 1.72. The largest absolute Gasteiger partial charge is 0.493 e. The van der Waals surface area contributed by atoms with E-state index in [-0.39, 0.29) is 22.4 Å². The monoisotopic (exact) mass is 508 g/mol. The minimum atomic E-state index is -0.720. The molecule has 0 aliphatic heterocycles. The van der Waals surface area contributed by atoms with Crippen LogP contribution in [0, 0.1) is 6.92 Å². The molecule has 0 radical (unpaired) electrons. The van der Waals surface area contributed by atoms with Crippen molar-refractivity contribution in [1.82, 2.24) is 10.3 Å². The molecule has 1 amide bonds. The average molecular weight is 509 g/mol. The lowest BCUT2D eigenvalue weighted by molar-refractivity contribution is -0.147. The van der Waals surface area contributed by atoms with Crippen LogP contribution in [0.3, 0.4) is 0 Å². The van der Waals surface area contributed by atoms with Gasteiger partial charge in [0.05, 0.1) is 12.4 Å². The van der Waals surface area contributed by atoms with Crippen LogP contribution in [-0.2, 0) is 20.7 Å². The summed E-state index contributed by atoms with van der Waals surface area (Å²) in [6.45, 7) is 2.77. The third-order valence-corrected chi connectivity index (χ3v) is 5.91. The quantitative estimate of drug-likeness (QED) is 0.316. The number of hydrogen-bond donors (Lipinski definition) is 2. The van der Waals surface area contributed by atoms with Crippen molar-refractivity contribution in [1.29, 1.82) is 0 Å². The third-order valence-electron chi connectivity index (χ3n) is 5.28. The van der Waals surface area contributed by atoms with Crippen LogP contribution in [0.5, 0.6) is 11.5 Å². The standard InChI is InChI=1S/C27H28N2O6S/c1-17-9-11-19(12-10-17)15-22(26(36)20-7-5-4-6-8-20)35-23(31)16-29-27(32)24-25(34-18(2)30)21(33-3)13-14-28-24/h4-14,22,26,36H,15-16H2,1-3H3,(H,29,32). The fraction of sp³-hybridized carbons (Fsp3) is 0.259. The lowest BCUT2D eigenvalue weighted by Gasteiger charge is -2.24. The van der Waals surface area contributed by atoms with Gasteiger partial charge in [0, 0.05) is 25.6 Å². The maximum atomic E-state index is 12.8. The van der Waals surface area contributed by atoms with Gasteiger partial charge >= 0.3 is 11.9 Å². The molecule has 8 nitrogen and oxygen atoms in total. The highest BCUT2D eigenvalue weighted by Gasteiger charge is 2.26. The Morgan fingerprint density at radius 1 is 1.03 bits per heavy atom. The van der Waals surface area contributed by atoms with Crippen LogP contribution in [-0.4, -0.2) is 42.6 Å². The number of amides is 1. The second-order valence-electron chi connectivity index (χ2n) is 8.04. The highest BCUT2D eigenvalue weighted by Crippen LogP contribution is 2.30. The van der Waals surface area contributed by atoms with Crippen LogP contribution in [0.25, 0.3) is 0 Å². The van der Waals surface area contributed by atoms with Gasteiger partial charge in [-0.1, -0.05) is 60.2 Å². The molecule has 0 spiro atoms. The first-order chi connectivity index (χ1) is 17.3. The number of aromatic nitrogens is 1. The number of aryl methyl sites for hydroxylation is 1. The van der Waals surface area contributed by atoms with Crippen LogP contribution in [0.1, 0.15) is 39.4 Å². The summed E-state index contributed by atoms with van der Waals surface area (Å²) in [5.41, 5.74) is 2.83. The number of nitrogens with zero attached hydrogens (tertiary/aromatic N) is 1. The molecule has 3 rings (SSSR count). The number of carbonyl (C=O) groups is 3. The van der Waals surface area contributed by atoms with Gasteiger partial charge in [0.25, 0.3) is 5.91 Å². The van der Waals surface area contributed by atoms with Crippen molar-refractivity contribution < 1.29 is 28.6 Å². The summed E-state index contributed by atoms with van der Waals surface area (Å²) >= 11 is 4.74. The minimum Gasteiger partial charge on any atom is -0.493 e. The van der Waals surface area contributed by atoms with Gasteiger partial charge in [-0.3, -0.25) is 14.4 Å². The number of ether oxygens (including phenoxy) is 3. The van der Waals surface area contributed by atoms with Gasteiger partial charge in [0.1, 0.15) is 12.6 Å². The molecule has 1 N–H and O–H groups in total. The number of nitrogens with one attached hydrogen (secondary N) is 1. The van der Waals surface area contributed by atoms with E-state index in [1.54, 1.807) is 0 Å². The number of rotatable bonds is 10. The number of hydrogen-bond acceptors (Lipinski definition) is 8. The highest BCUT2D eigenvalue weighted by atomic mass is 32.1. The van der Waals surface area contributed by atoms with E-state index in [1.807, 2.05) is 61.5 Å². The maximum absolute atomic E-state index is 12.8. The average Bonchev–Trinajstić information content (AvgIpc) is 2.88. The molecule has 2 aromatic carbocycles. The van der Waals surface area contributed by atoms with Crippen molar-refractivity contribution >= 4 is 30.5 Å². The van der Waals surface area contributed by atoms with Crippen molar-refractivity contribution in [2.75, 3.05) is 13.7 Å². The molecule has 0 saturated carbocycles. The van der Waals surface area contributed by atoms with Crippen LogP contribution in [0.15, 0.2) is 66.9 Å². The molecule has 0 aliphatic rings. The Labute approximate surface area is 215 Å². The molecule has 0 fully saturated rings. The number of benzene rings is 2. The van der Waals surface area contributed by atoms with Crippen LogP contribution < -0.4 is 14.8 Å². The Bertz CT molecular complexity index is 1200. The van der Waals surface area contributed by atoms with Crippen molar-refractivity contribution in [2.24, 2.45) is 0 Å². The Hall–Kier alpha value is -3.85. The molecule has 1 heterocycles. The van der Waals surface area contributed by atoms with E-state index in [2.05, 4.69) is 10.3 Å². The number of carbonyl (C=O) groups excluding carboxylic acids is 3. The van der Waals surface area contributed by atoms with E-state index in [0.717, 1.165) is 16.7 Å². The summed E-state index contributed by atoms with van der Waals surface area (Å²) in [7, 11) is 1.37. The predicted octanol–water partition coefficient (Wildman–Crippen LogP) is 3.88. The molecule has 0 bridgehead atoms. The van der Waals surface area contributed by atoms with Crippen LogP contribution in [0.4, 0.5) is 0 Å². The zero-order valence-corrected chi connectivity index (χ0v) is 21.2. The fourth-order valence-electron chi connectivity index (χ4n) is 3.48. The molecular weight excluding hydrogens is 480 g/mol. The SMILES string of the molecule is COc1ccnc(C(=O)NCC(=O)OC(Cc2ccc(C)cc2)C(S)c2ccccc2)c1OC(C)=O. The summed E-state index contributed by atoms with van der Waals surface area (Å²) in [6, 6.07) is 18.9. The van der Waals surface area contributed by atoms with Gasteiger partial charge in [-0.15, -0.1) is 0 Å². The van der Waals surface area contributed by atoms with Gasteiger partial charge in [-0.2, -0.15) is 12.6 Å². The van der Waals surface area contributed by atoms with E-state index in [9.17, 15) is 14.4 Å². The van der Waals surface area contributed by atoms with Crippen molar-refractivity contribution in [3.05, 3.63) is 89.2 Å². The molecule has 0 saturated heterocycles. The summed E-state index contributed by atoms with van der Waals surface area (Å²) < 4.78 is 16.0. The van der Waals surface area contributed by atoms with Gasteiger partial charge in [-0.05, 0) is 18.1 Å². The van der Waals surface area contributed by atoms with Crippen molar-refractivity contribution in [3.63, 3.8) is 0 Å². The molecule has 188 valence electrons. The van der Waals surface area contributed by atoms with Crippen molar-refractivity contribution in [3.8, 4) is 11.5 Å². The summed E-state index contributed by atoms with van der Waals surface area (Å²) in [4.78, 5) is 40.9.